The fraction of sp³-hybridized carbons (Fsp3) is 0.333. The smallest absolute Gasteiger partial charge is 0.253 e. The lowest BCUT2D eigenvalue weighted by Gasteiger charge is -2.29. The van der Waals surface area contributed by atoms with Gasteiger partial charge in [-0.1, -0.05) is 23.7 Å². The Morgan fingerprint density at radius 3 is 2.62 bits per heavy atom. The largest absolute Gasteiger partial charge is 0.349 e. The Balaban J connectivity index is 1.48. The number of hydrogen-bond acceptors (Lipinski definition) is 2. The molecule has 1 aromatic carbocycles. The summed E-state index contributed by atoms with van der Waals surface area (Å²) in [6, 6.07) is 10.1. The number of carbonyl (C=O) groups is 1. The molecule has 0 atom stereocenters. The molecule has 0 saturated carbocycles. The van der Waals surface area contributed by atoms with E-state index >= 15 is 0 Å². The molecule has 4 nitrogen and oxygen atoms in total. The van der Waals surface area contributed by atoms with Crippen LogP contribution in [0.2, 0.25) is 5.02 Å². The standard InChI is InChI=1S/C18H19BrClN3O/c19-15-9-14(10-21-11-15)18(24)22-17-5-7-23(8-6-17)12-13-1-3-16(20)4-2-13/h1-4,9-11,17H,5-8,12H2,(H,22,24)/p+1. The Bertz CT molecular complexity index is 700. The molecule has 0 unspecified atom stereocenters. The molecular formula is C18H20BrClN3O+. The van der Waals surface area contributed by atoms with E-state index < -0.39 is 0 Å². The summed E-state index contributed by atoms with van der Waals surface area (Å²) >= 11 is 9.27. The van der Waals surface area contributed by atoms with Gasteiger partial charge < -0.3 is 10.2 Å². The van der Waals surface area contributed by atoms with Gasteiger partial charge in [-0.2, -0.15) is 0 Å². The van der Waals surface area contributed by atoms with Crippen LogP contribution in [0.4, 0.5) is 0 Å². The van der Waals surface area contributed by atoms with Crippen molar-refractivity contribution in [2.45, 2.75) is 25.4 Å². The van der Waals surface area contributed by atoms with Crippen molar-refractivity contribution in [2.75, 3.05) is 13.1 Å². The molecule has 24 heavy (non-hydrogen) atoms. The van der Waals surface area contributed by atoms with E-state index in [9.17, 15) is 4.79 Å². The number of benzene rings is 1. The van der Waals surface area contributed by atoms with Crippen LogP contribution >= 0.6 is 27.5 Å². The van der Waals surface area contributed by atoms with E-state index in [1.54, 1.807) is 23.4 Å². The highest BCUT2D eigenvalue weighted by atomic mass is 79.9. The Morgan fingerprint density at radius 2 is 1.96 bits per heavy atom. The molecule has 2 N–H and O–H groups in total. The van der Waals surface area contributed by atoms with Gasteiger partial charge in [-0.25, -0.2) is 0 Å². The van der Waals surface area contributed by atoms with Crippen molar-refractivity contribution in [2.24, 2.45) is 0 Å². The van der Waals surface area contributed by atoms with Crippen LogP contribution < -0.4 is 10.2 Å². The molecule has 1 amide bonds. The van der Waals surface area contributed by atoms with Crippen molar-refractivity contribution in [3.05, 3.63) is 63.3 Å². The summed E-state index contributed by atoms with van der Waals surface area (Å²) < 4.78 is 0.817. The molecule has 0 spiro atoms. The van der Waals surface area contributed by atoms with Crippen LogP contribution in [-0.2, 0) is 6.54 Å². The SMILES string of the molecule is O=C(NC1CC[NH+](Cc2ccc(Cl)cc2)CC1)c1cncc(Br)c1. The minimum absolute atomic E-state index is 0.0463. The lowest BCUT2D eigenvalue weighted by molar-refractivity contribution is -0.918. The minimum atomic E-state index is -0.0463. The summed E-state index contributed by atoms with van der Waals surface area (Å²) in [5, 5.41) is 3.90. The minimum Gasteiger partial charge on any atom is -0.349 e. The average molecular weight is 410 g/mol. The first-order chi connectivity index (χ1) is 11.6. The Hall–Kier alpha value is -1.43. The zero-order valence-electron chi connectivity index (χ0n) is 13.3. The number of rotatable bonds is 4. The van der Waals surface area contributed by atoms with Crippen molar-refractivity contribution in [1.82, 2.24) is 10.3 Å². The van der Waals surface area contributed by atoms with Crippen LogP contribution in [0.3, 0.4) is 0 Å². The Labute approximate surface area is 155 Å². The van der Waals surface area contributed by atoms with Gasteiger partial charge >= 0.3 is 0 Å². The van der Waals surface area contributed by atoms with Gasteiger partial charge in [0.05, 0.1) is 18.7 Å². The number of likely N-dealkylation sites (tertiary alicyclic amines) is 1. The second kappa shape index (κ2) is 8.10. The third-order valence-corrected chi connectivity index (χ3v) is 5.05. The highest BCUT2D eigenvalue weighted by Gasteiger charge is 2.24. The van der Waals surface area contributed by atoms with Crippen LogP contribution in [0.1, 0.15) is 28.8 Å². The molecule has 1 saturated heterocycles. The van der Waals surface area contributed by atoms with Gasteiger partial charge in [-0.05, 0) is 34.1 Å². The summed E-state index contributed by atoms with van der Waals surface area (Å²) in [4.78, 5) is 17.9. The van der Waals surface area contributed by atoms with E-state index in [0.29, 0.717) is 5.56 Å². The highest BCUT2D eigenvalue weighted by Crippen LogP contribution is 2.11. The summed E-state index contributed by atoms with van der Waals surface area (Å²) in [6.07, 6.45) is 5.27. The predicted molar refractivity (Wildman–Crippen MR) is 98.3 cm³/mol. The third-order valence-electron chi connectivity index (χ3n) is 4.36. The first kappa shape index (κ1) is 17.4. The maximum absolute atomic E-state index is 12.3. The molecule has 3 rings (SSSR count). The second-order valence-electron chi connectivity index (χ2n) is 6.19. The number of quaternary nitrogens is 1. The molecule has 2 heterocycles. The van der Waals surface area contributed by atoms with Gasteiger partial charge in [-0.15, -0.1) is 0 Å². The quantitative estimate of drug-likeness (QED) is 0.815. The van der Waals surface area contributed by atoms with E-state index in [4.69, 9.17) is 11.6 Å². The summed E-state index contributed by atoms with van der Waals surface area (Å²) in [6.45, 7) is 3.13. The number of hydrogen-bond donors (Lipinski definition) is 2. The van der Waals surface area contributed by atoms with E-state index in [-0.39, 0.29) is 11.9 Å². The van der Waals surface area contributed by atoms with Gasteiger partial charge in [0, 0.05) is 46.3 Å². The maximum Gasteiger partial charge on any atom is 0.253 e. The lowest BCUT2D eigenvalue weighted by Crippen LogP contribution is -3.12. The molecule has 126 valence electrons. The normalized spacial score (nSPS) is 20.6. The fourth-order valence-electron chi connectivity index (χ4n) is 3.04. The molecule has 6 heteroatoms. The van der Waals surface area contributed by atoms with Crippen LogP contribution in [0.15, 0.2) is 47.2 Å². The number of carbonyl (C=O) groups excluding carboxylic acids is 1. The van der Waals surface area contributed by atoms with Gasteiger partial charge in [-0.3, -0.25) is 9.78 Å². The number of nitrogens with one attached hydrogen (secondary N) is 2. The monoisotopic (exact) mass is 408 g/mol. The molecule has 0 aliphatic carbocycles. The van der Waals surface area contributed by atoms with Crippen LogP contribution in [0.5, 0.6) is 0 Å². The highest BCUT2D eigenvalue weighted by molar-refractivity contribution is 9.10. The van der Waals surface area contributed by atoms with E-state index in [0.717, 1.165) is 42.0 Å². The van der Waals surface area contributed by atoms with Crippen molar-refractivity contribution >= 4 is 33.4 Å². The van der Waals surface area contributed by atoms with Crippen molar-refractivity contribution < 1.29 is 9.69 Å². The van der Waals surface area contributed by atoms with Gasteiger partial charge in [0.2, 0.25) is 0 Å². The Morgan fingerprint density at radius 1 is 1.25 bits per heavy atom. The summed E-state index contributed by atoms with van der Waals surface area (Å²) in [5.74, 6) is -0.0463. The number of piperidine rings is 1. The van der Waals surface area contributed by atoms with Crippen LogP contribution in [0, 0.1) is 0 Å². The zero-order chi connectivity index (χ0) is 16.9. The number of pyridine rings is 1. The lowest BCUT2D eigenvalue weighted by atomic mass is 10.0. The van der Waals surface area contributed by atoms with Crippen molar-refractivity contribution in [1.29, 1.82) is 0 Å². The zero-order valence-corrected chi connectivity index (χ0v) is 15.6. The average Bonchev–Trinajstić information content (AvgIpc) is 2.59. The first-order valence-corrected chi connectivity index (χ1v) is 9.26. The number of amides is 1. The van der Waals surface area contributed by atoms with Gasteiger partial charge in [0.15, 0.2) is 0 Å². The fourth-order valence-corrected chi connectivity index (χ4v) is 3.53. The maximum atomic E-state index is 12.3. The van der Waals surface area contributed by atoms with Crippen LogP contribution in [-0.4, -0.2) is 30.0 Å². The molecule has 1 aliphatic rings. The molecule has 2 aromatic rings. The van der Waals surface area contributed by atoms with E-state index in [2.05, 4.69) is 38.4 Å². The molecule has 1 aliphatic heterocycles. The summed E-state index contributed by atoms with van der Waals surface area (Å²) in [5.41, 5.74) is 1.90. The van der Waals surface area contributed by atoms with Crippen molar-refractivity contribution in [3.63, 3.8) is 0 Å². The number of halogens is 2. The first-order valence-electron chi connectivity index (χ1n) is 8.09. The van der Waals surface area contributed by atoms with Crippen molar-refractivity contribution in [3.8, 4) is 0 Å². The van der Waals surface area contributed by atoms with E-state index in [1.807, 2.05) is 12.1 Å². The number of aromatic nitrogens is 1. The topological polar surface area (TPSA) is 46.4 Å². The molecular weight excluding hydrogens is 390 g/mol. The Kier molecular flexibility index (Phi) is 5.87. The molecule has 0 radical (unpaired) electrons. The summed E-state index contributed by atoms with van der Waals surface area (Å²) in [7, 11) is 0. The molecule has 1 fully saturated rings. The molecule has 0 bridgehead atoms. The second-order valence-corrected chi connectivity index (χ2v) is 7.54. The van der Waals surface area contributed by atoms with Crippen LogP contribution in [0.25, 0.3) is 0 Å². The van der Waals surface area contributed by atoms with Gasteiger partial charge in [0.25, 0.3) is 5.91 Å². The van der Waals surface area contributed by atoms with Gasteiger partial charge in [0.1, 0.15) is 6.54 Å². The number of nitrogens with zero attached hydrogens (tertiary/aromatic N) is 1. The molecule has 1 aromatic heterocycles. The third kappa shape index (κ3) is 4.79. The predicted octanol–water partition coefficient (Wildman–Crippen LogP) is 2.47. The van der Waals surface area contributed by atoms with E-state index in [1.165, 1.54) is 5.56 Å².